The lowest BCUT2D eigenvalue weighted by atomic mass is 9.99. The molecule has 2 rings (SSSR count). The Hall–Kier alpha value is -2.14. The maximum Gasteiger partial charge on any atom is 0.276 e. The Bertz CT molecular complexity index is 664. The number of ether oxygens (including phenoxy) is 1. The van der Waals surface area contributed by atoms with Gasteiger partial charge in [-0.2, -0.15) is 0 Å². The summed E-state index contributed by atoms with van der Waals surface area (Å²) in [4.78, 5) is 14.2. The van der Waals surface area contributed by atoms with E-state index >= 15 is 0 Å². The summed E-state index contributed by atoms with van der Waals surface area (Å²) < 4.78 is 10.1. The Kier molecular flexibility index (Phi) is 4.98. The highest BCUT2D eigenvalue weighted by molar-refractivity contribution is 5.92. The molecule has 2 aromatic rings. The van der Waals surface area contributed by atoms with Crippen molar-refractivity contribution in [3.8, 4) is 0 Å². The summed E-state index contributed by atoms with van der Waals surface area (Å²) in [6.07, 6.45) is 0. The van der Waals surface area contributed by atoms with E-state index in [0.29, 0.717) is 18.1 Å². The second-order valence-electron chi connectivity index (χ2n) is 5.56. The van der Waals surface area contributed by atoms with Crippen molar-refractivity contribution in [3.63, 3.8) is 0 Å². The van der Waals surface area contributed by atoms with Crippen molar-refractivity contribution in [2.45, 2.75) is 33.4 Å². The smallest absolute Gasteiger partial charge is 0.276 e. The second kappa shape index (κ2) is 6.75. The maximum atomic E-state index is 12.5. The molecular weight excluding hydrogens is 280 g/mol. The monoisotopic (exact) mass is 302 g/mol. The molecule has 1 aromatic carbocycles. The van der Waals surface area contributed by atoms with Crippen LogP contribution >= 0.6 is 0 Å². The summed E-state index contributed by atoms with van der Waals surface area (Å²) in [5, 5.41) is 3.83. The van der Waals surface area contributed by atoms with Gasteiger partial charge in [0.05, 0.1) is 6.04 Å². The summed E-state index contributed by atoms with van der Waals surface area (Å²) in [7, 11) is 3.35. The minimum absolute atomic E-state index is 0.0463. The zero-order chi connectivity index (χ0) is 16.3. The van der Waals surface area contributed by atoms with E-state index in [4.69, 9.17) is 9.26 Å². The van der Waals surface area contributed by atoms with Crippen LogP contribution < -0.4 is 0 Å². The summed E-state index contributed by atoms with van der Waals surface area (Å²) in [6.45, 7) is 6.41. The molecule has 5 nitrogen and oxygen atoms in total. The highest BCUT2D eigenvalue weighted by Crippen LogP contribution is 2.24. The summed E-state index contributed by atoms with van der Waals surface area (Å²) >= 11 is 0. The van der Waals surface area contributed by atoms with Crippen LogP contribution in [0.25, 0.3) is 0 Å². The molecule has 0 fully saturated rings. The van der Waals surface area contributed by atoms with Crippen molar-refractivity contribution in [2.24, 2.45) is 0 Å². The molecule has 0 N–H and O–H groups in total. The van der Waals surface area contributed by atoms with Gasteiger partial charge >= 0.3 is 0 Å². The number of hydrogen-bond donors (Lipinski definition) is 0. The lowest BCUT2D eigenvalue weighted by molar-refractivity contribution is 0.0731. The lowest BCUT2D eigenvalue weighted by Crippen LogP contribution is -2.30. The molecular formula is C17H22N2O3. The van der Waals surface area contributed by atoms with Crippen molar-refractivity contribution in [3.05, 3.63) is 52.4 Å². The van der Waals surface area contributed by atoms with Crippen LogP contribution in [0.4, 0.5) is 0 Å². The molecule has 0 saturated carbocycles. The number of amides is 1. The number of rotatable bonds is 5. The highest BCUT2D eigenvalue weighted by atomic mass is 16.5. The predicted molar refractivity (Wildman–Crippen MR) is 83.6 cm³/mol. The minimum Gasteiger partial charge on any atom is -0.377 e. The first-order valence-electron chi connectivity index (χ1n) is 7.23. The van der Waals surface area contributed by atoms with Gasteiger partial charge in [-0.3, -0.25) is 4.79 Å². The largest absolute Gasteiger partial charge is 0.377 e. The second-order valence-corrected chi connectivity index (χ2v) is 5.56. The fourth-order valence-electron chi connectivity index (χ4n) is 2.40. The molecule has 0 saturated heterocycles. The molecule has 0 radical (unpaired) electrons. The third-order valence-corrected chi connectivity index (χ3v) is 3.85. The van der Waals surface area contributed by atoms with E-state index < -0.39 is 0 Å². The van der Waals surface area contributed by atoms with E-state index in [1.807, 2.05) is 13.8 Å². The van der Waals surface area contributed by atoms with Gasteiger partial charge in [0.15, 0.2) is 11.5 Å². The minimum atomic E-state index is -0.167. The van der Waals surface area contributed by atoms with Gasteiger partial charge in [0.25, 0.3) is 5.91 Å². The molecule has 0 bridgehead atoms. The third kappa shape index (κ3) is 3.36. The molecule has 1 atom stereocenters. The summed E-state index contributed by atoms with van der Waals surface area (Å²) in [5.41, 5.74) is 3.78. The van der Waals surface area contributed by atoms with Crippen LogP contribution in [0.5, 0.6) is 0 Å². The van der Waals surface area contributed by atoms with Crippen molar-refractivity contribution >= 4 is 5.91 Å². The van der Waals surface area contributed by atoms with Crippen LogP contribution in [-0.4, -0.2) is 30.1 Å². The average Bonchev–Trinajstić information content (AvgIpc) is 2.96. The molecule has 5 heteroatoms. The summed E-state index contributed by atoms with van der Waals surface area (Å²) in [6, 6.07) is 7.84. The van der Waals surface area contributed by atoms with Gasteiger partial charge in [0.2, 0.25) is 0 Å². The van der Waals surface area contributed by atoms with E-state index in [2.05, 4.69) is 30.3 Å². The predicted octanol–water partition coefficient (Wildman–Crippen LogP) is 3.27. The molecule has 118 valence electrons. The lowest BCUT2D eigenvalue weighted by Gasteiger charge is -2.26. The van der Waals surface area contributed by atoms with Gasteiger partial charge in [0.1, 0.15) is 6.61 Å². The maximum absolute atomic E-state index is 12.5. The van der Waals surface area contributed by atoms with Gasteiger partial charge in [-0.25, -0.2) is 0 Å². The zero-order valence-electron chi connectivity index (χ0n) is 13.7. The standard InChI is InChI=1S/C17H22N2O3/c1-11-6-7-12(2)15(8-11)13(3)19(4)17(20)16-9-14(10-21-5)22-18-16/h6-9,13H,10H2,1-5H3/t13-/m1/s1. The topological polar surface area (TPSA) is 55.6 Å². The number of aromatic nitrogens is 1. The number of hydrogen-bond acceptors (Lipinski definition) is 4. The fraction of sp³-hybridized carbons (Fsp3) is 0.412. The molecule has 0 spiro atoms. The van der Waals surface area contributed by atoms with Crippen LogP contribution in [0.1, 0.15) is 45.9 Å². The molecule has 0 unspecified atom stereocenters. The molecule has 0 aliphatic rings. The Morgan fingerprint density at radius 1 is 1.36 bits per heavy atom. The first kappa shape index (κ1) is 16.2. The molecule has 22 heavy (non-hydrogen) atoms. The number of methoxy groups -OCH3 is 1. The number of aryl methyl sites for hydroxylation is 2. The highest BCUT2D eigenvalue weighted by Gasteiger charge is 2.23. The van der Waals surface area contributed by atoms with E-state index in [-0.39, 0.29) is 11.9 Å². The normalized spacial score (nSPS) is 12.2. The van der Waals surface area contributed by atoms with Crippen LogP contribution in [0.15, 0.2) is 28.8 Å². The first-order chi connectivity index (χ1) is 10.4. The Morgan fingerprint density at radius 2 is 2.09 bits per heavy atom. The molecule has 0 aliphatic heterocycles. The van der Waals surface area contributed by atoms with Crippen LogP contribution in [-0.2, 0) is 11.3 Å². The van der Waals surface area contributed by atoms with E-state index in [1.165, 1.54) is 5.56 Å². The Labute approximate surface area is 130 Å². The number of carbonyl (C=O) groups is 1. The van der Waals surface area contributed by atoms with Gasteiger partial charge in [-0.1, -0.05) is 28.9 Å². The SMILES string of the molecule is COCc1cc(C(=O)N(C)[C@H](C)c2cc(C)ccc2C)no1. The molecule has 1 aromatic heterocycles. The van der Waals surface area contributed by atoms with Gasteiger partial charge in [-0.05, 0) is 31.9 Å². The van der Waals surface area contributed by atoms with Gasteiger partial charge in [0, 0.05) is 20.2 Å². The quantitative estimate of drug-likeness (QED) is 0.850. The zero-order valence-corrected chi connectivity index (χ0v) is 13.7. The third-order valence-electron chi connectivity index (χ3n) is 3.85. The van der Waals surface area contributed by atoms with Gasteiger partial charge in [-0.15, -0.1) is 0 Å². The van der Waals surface area contributed by atoms with Crippen molar-refractivity contribution in [1.82, 2.24) is 10.1 Å². The molecule has 1 heterocycles. The Balaban J connectivity index is 2.20. The van der Waals surface area contributed by atoms with E-state index in [0.717, 1.165) is 11.1 Å². The molecule has 1 amide bonds. The van der Waals surface area contributed by atoms with Crippen LogP contribution in [0, 0.1) is 13.8 Å². The van der Waals surface area contributed by atoms with Crippen molar-refractivity contribution in [1.29, 1.82) is 0 Å². The number of carbonyl (C=O) groups excluding carboxylic acids is 1. The number of nitrogens with zero attached hydrogens (tertiary/aromatic N) is 2. The van der Waals surface area contributed by atoms with E-state index in [9.17, 15) is 4.79 Å². The Morgan fingerprint density at radius 3 is 2.77 bits per heavy atom. The van der Waals surface area contributed by atoms with E-state index in [1.54, 1.807) is 25.1 Å². The first-order valence-corrected chi connectivity index (χ1v) is 7.23. The fourth-order valence-corrected chi connectivity index (χ4v) is 2.40. The van der Waals surface area contributed by atoms with Crippen LogP contribution in [0.3, 0.4) is 0 Å². The molecule has 0 aliphatic carbocycles. The average molecular weight is 302 g/mol. The summed E-state index contributed by atoms with van der Waals surface area (Å²) in [5.74, 6) is 0.373. The van der Waals surface area contributed by atoms with Crippen molar-refractivity contribution in [2.75, 3.05) is 14.2 Å². The van der Waals surface area contributed by atoms with Crippen molar-refractivity contribution < 1.29 is 14.1 Å². The number of benzene rings is 1. The van der Waals surface area contributed by atoms with Crippen LogP contribution in [0.2, 0.25) is 0 Å². The van der Waals surface area contributed by atoms with Gasteiger partial charge < -0.3 is 14.2 Å².